The Morgan fingerprint density at radius 2 is 1.83 bits per heavy atom. The van der Waals surface area contributed by atoms with Crippen molar-refractivity contribution in [3.63, 3.8) is 0 Å². The van der Waals surface area contributed by atoms with E-state index in [1.807, 2.05) is 11.7 Å². The smallest absolute Gasteiger partial charge is 0.0240 e. The Hall–Kier alpha value is 0.820. The van der Waals surface area contributed by atoms with Gasteiger partial charge in [0.1, 0.15) is 0 Å². The maximum absolute atomic E-state index is 2.68. The molecule has 0 N–H and O–H groups in total. The molecular formula is C3H11NP2. The predicted molar refractivity (Wildman–Crippen MR) is 36.6 cm³/mol. The summed E-state index contributed by atoms with van der Waals surface area (Å²) in [5, 5.41) is 0. The third kappa shape index (κ3) is 3.03. The van der Waals surface area contributed by atoms with Gasteiger partial charge >= 0.3 is 0 Å². The summed E-state index contributed by atoms with van der Waals surface area (Å²) in [6.07, 6.45) is 0. The van der Waals surface area contributed by atoms with E-state index in [9.17, 15) is 0 Å². The maximum Gasteiger partial charge on any atom is 0.0240 e. The van der Waals surface area contributed by atoms with Crippen LogP contribution >= 0.6 is 18.6 Å². The second-order valence-corrected chi connectivity index (χ2v) is 3.19. The molecule has 0 saturated carbocycles. The van der Waals surface area contributed by atoms with Crippen LogP contribution in [0.25, 0.3) is 0 Å². The van der Waals surface area contributed by atoms with E-state index in [-0.39, 0.29) is 0 Å². The Bertz CT molecular complexity index is 29.8. The van der Waals surface area contributed by atoms with Gasteiger partial charge in [0, 0.05) is 5.78 Å². The molecule has 0 fully saturated rings. The topological polar surface area (TPSA) is 3.24 Å². The lowest BCUT2D eigenvalue weighted by Crippen LogP contribution is -2.09. The van der Waals surface area contributed by atoms with Crippen molar-refractivity contribution in [2.24, 2.45) is 0 Å². The molecule has 0 aromatic heterocycles. The molecule has 0 aliphatic rings. The second kappa shape index (κ2) is 2.91. The highest BCUT2D eigenvalue weighted by atomic mass is 31.0. The van der Waals surface area contributed by atoms with Crippen LogP contribution in [-0.2, 0) is 0 Å². The van der Waals surface area contributed by atoms with Crippen molar-refractivity contribution in [3.8, 4) is 0 Å². The number of rotatable bonds is 1. The van der Waals surface area contributed by atoms with Crippen molar-refractivity contribution in [2.75, 3.05) is 7.05 Å². The van der Waals surface area contributed by atoms with E-state index in [2.05, 4.69) is 25.6 Å². The highest BCUT2D eigenvalue weighted by Crippen LogP contribution is 2.06. The summed E-state index contributed by atoms with van der Waals surface area (Å²) in [5.41, 5.74) is 0. The van der Waals surface area contributed by atoms with Gasteiger partial charge in [0.25, 0.3) is 0 Å². The number of hydrogen-bond acceptors (Lipinski definition) is 1. The van der Waals surface area contributed by atoms with Crippen molar-refractivity contribution in [3.05, 3.63) is 0 Å². The van der Waals surface area contributed by atoms with Gasteiger partial charge in [0.15, 0.2) is 0 Å². The van der Waals surface area contributed by atoms with E-state index in [4.69, 9.17) is 0 Å². The van der Waals surface area contributed by atoms with E-state index >= 15 is 0 Å². The van der Waals surface area contributed by atoms with Crippen LogP contribution < -0.4 is 0 Å². The summed E-state index contributed by atoms with van der Waals surface area (Å²) in [4.78, 5) is 0. The van der Waals surface area contributed by atoms with Crippen LogP contribution in [0.1, 0.15) is 6.92 Å². The van der Waals surface area contributed by atoms with Crippen LogP contribution in [0.4, 0.5) is 0 Å². The van der Waals surface area contributed by atoms with Gasteiger partial charge in [-0.3, -0.25) is 4.67 Å². The molecule has 0 aliphatic carbocycles. The molecular weight excluding hydrogens is 112 g/mol. The zero-order valence-corrected chi connectivity index (χ0v) is 6.49. The van der Waals surface area contributed by atoms with E-state index < -0.39 is 0 Å². The van der Waals surface area contributed by atoms with E-state index in [1.165, 1.54) is 0 Å². The Morgan fingerprint density at radius 3 is 1.83 bits per heavy atom. The van der Waals surface area contributed by atoms with Crippen molar-refractivity contribution < 1.29 is 0 Å². The lowest BCUT2D eigenvalue weighted by Gasteiger charge is -2.11. The molecule has 0 rings (SSSR count). The van der Waals surface area contributed by atoms with Gasteiger partial charge in [-0.05, 0) is 14.0 Å². The van der Waals surface area contributed by atoms with Crippen molar-refractivity contribution >= 4 is 18.6 Å². The average Bonchev–Trinajstić information content (AvgIpc) is 1.36. The molecule has 38 valence electrons. The third-order valence-electron chi connectivity index (χ3n) is 0.642. The first-order valence-electron chi connectivity index (χ1n) is 1.87. The summed E-state index contributed by atoms with van der Waals surface area (Å²) < 4.78 is 2.05. The van der Waals surface area contributed by atoms with Crippen LogP contribution in [0.5, 0.6) is 0 Å². The average molecular weight is 123 g/mol. The van der Waals surface area contributed by atoms with Crippen molar-refractivity contribution in [1.82, 2.24) is 4.67 Å². The standard InChI is InChI=1S/C3H11NP2/c1-3(5)4(2)6/h3H,5-6H2,1-2H3. The first-order chi connectivity index (χ1) is 2.64. The molecule has 0 heterocycles. The number of hydrogen-bond donors (Lipinski definition) is 0. The first kappa shape index (κ1) is 6.82. The van der Waals surface area contributed by atoms with Gasteiger partial charge < -0.3 is 0 Å². The SMILES string of the molecule is CC(P)N(C)P. The van der Waals surface area contributed by atoms with E-state index in [0.29, 0.717) is 5.78 Å². The lowest BCUT2D eigenvalue weighted by atomic mass is 10.8. The van der Waals surface area contributed by atoms with Gasteiger partial charge in [-0.25, -0.2) is 0 Å². The quantitative estimate of drug-likeness (QED) is 0.469. The second-order valence-electron chi connectivity index (χ2n) is 1.41. The largest absolute Gasteiger partial charge is 0.284 e. The summed E-state index contributed by atoms with van der Waals surface area (Å²) in [7, 11) is 7.28. The van der Waals surface area contributed by atoms with E-state index in [0.717, 1.165) is 0 Å². The van der Waals surface area contributed by atoms with Gasteiger partial charge in [0.05, 0.1) is 0 Å². The minimum absolute atomic E-state index is 0.565. The molecule has 0 aliphatic heterocycles. The Kier molecular flexibility index (Phi) is 3.30. The lowest BCUT2D eigenvalue weighted by molar-refractivity contribution is 0.560. The van der Waals surface area contributed by atoms with Crippen LogP contribution in [0.3, 0.4) is 0 Å². The van der Waals surface area contributed by atoms with Crippen LogP contribution in [0.15, 0.2) is 0 Å². The minimum Gasteiger partial charge on any atom is -0.284 e. The molecule has 6 heavy (non-hydrogen) atoms. The number of nitrogens with zero attached hydrogens (tertiary/aromatic N) is 1. The predicted octanol–water partition coefficient (Wildman–Crippen LogP) is 0.929. The molecule has 0 amide bonds. The third-order valence-corrected chi connectivity index (χ3v) is 1.93. The summed E-state index contributed by atoms with van der Waals surface area (Å²) >= 11 is 0. The molecule has 0 aromatic rings. The zero-order valence-electron chi connectivity index (χ0n) is 4.18. The van der Waals surface area contributed by atoms with Crippen LogP contribution in [0, 0.1) is 0 Å². The minimum atomic E-state index is 0.565. The van der Waals surface area contributed by atoms with Crippen molar-refractivity contribution in [1.29, 1.82) is 0 Å². The molecule has 3 heteroatoms. The Morgan fingerprint density at radius 1 is 1.67 bits per heavy atom. The summed E-state index contributed by atoms with van der Waals surface area (Å²) in [6.45, 7) is 2.11. The molecule has 0 aromatic carbocycles. The molecule has 0 radical (unpaired) electrons. The zero-order chi connectivity index (χ0) is 5.15. The monoisotopic (exact) mass is 123 g/mol. The fourth-order valence-electron chi connectivity index (χ4n) is 0. The van der Waals surface area contributed by atoms with Crippen LogP contribution in [0.2, 0.25) is 0 Å². The van der Waals surface area contributed by atoms with Gasteiger partial charge in [-0.15, -0.1) is 9.24 Å². The Labute approximate surface area is 43.9 Å². The van der Waals surface area contributed by atoms with Gasteiger partial charge in [0.2, 0.25) is 0 Å². The molecule has 3 atom stereocenters. The maximum atomic E-state index is 2.68. The molecule has 0 bridgehead atoms. The fourth-order valence-corrected chi connectivity index (χ4v) is 0. The molecule has 0 spiro atoms. The van der Waals surface area contributed by atoms with Gasteiger partial charge in [-0.2, -0.15) is 0 Å². The molecule has 0 saturated heterocycles. The van der Waals surface area contributed by atoms with Crippen molar-refractivity contribution in [2.45, 2.75) is 12.7 Å². The van der Waals surface area contributed by atoms with E-state index in [1.54, 1.807) is 0 Å². The fraction of sp³-hybridized carbons (Fsp3) is 1.00. The molecule has 3 unspecified atom stereocenters. The Balaban J connectivity index is 2.99. The first-order valence-corrected chi connectivity index (χ1v) is 3.06. The highest BCUT2D eigenvalue weighted by Gasteiger charge is 1.90. The highest BCUT2D eigenvalue weighted by molar-refractivity contribution is 7.20. The summed E-state index contributed by atoms with van der Waals surface area (Å²) in [5.74, 6) is 0.565. The normalized spacial score (nSPS) is 15.5. The van der Waals surface area contributed by atoms with Crippen LogP contribution in [-0.4, -0.2) is 17.5 Å². The van der Waals surface area contributed by atoms with Gasteiger partial charge in [-0.1, -0.05) is 9.39 Å². The molecule has 1 nitrogen and oxygen atoms in total. The summed E-state index contributed by atoms with van der Waals surface area (Å²) in [6, 6.07) is 0.